The zero-order chi connectivity index (χ0) is 20.0. The van der Waals surface area contributed by atoms with Crippen LogP contribution in [0.4, 0.5) is 5.69 Å². The fourth-order valence-corrected chi connectivity index (χ4v) is 3.06. The highest BCUT2D eigenvalue weighted by Gasteiger charge is 2.35. The van der Waals surface area contributed by atoms with E-state index >= 15 is 0 Å². The van der Waals surface area contributed by atoms with Crippen LogP contribution in [0.3, 0.4) is 0 Å². The third kappa shape index (κ3) is 4.55. The second-order valence-electron chi connectivity index (χ2n) is 6.27. The minimum absolute atomic E-state index is 0.00174. The molecule has 144 valence electrons. The lowest BCUT2D eigenvalue weighted by Crippen LogP contribution is -2.39. The lowest BCUT2D eigenvalue weighted by atomic mass is 10.1. The number of hydrogen-bond acceptors (Lipinski definition) is 5. The van der Waals surface area contributed by atoms with E-state index in [2.05, 4.69) is 22.2 Å². The van der Waals surface area contributed by atoms with Gasteiger partial charge in [-0.2, -0.15) is 0 Å². The molecule has 2 amide bonds. The maximum atomic E-state index is 12.4. The molecule has 2 rings (SSSR count). The molecule has 1 aliphatic heterocycles. The van der Waals surface area contributed by atoms with E-state index in [-0.39, 0.29) is 24.3 Å². The van der Waals surface area contributed by atoms with Crippen molar-refractivity contribution < 1.29 is 9.59 Å². The summed E-state index contributed by atoms with van der Waals surface area (Å²) < 4.78 is 0. The Morgan fingerprint density at radius 1 is 1.33 bits per heavy atom. The molecular weight excluding hydrogens is 342 g/mol. The van der Waals surface area contributed by atoms with E-state index in [9.17, 15) is 9.59 Å². The summed E-state index contributed by atoms with van der Waals surface area (Å²) in [6.45, 7) is 8.03. The first-order valence-corrected chi connectivity index (χ1v) is 9.05. The van der Waals surface area contributed by atoms with Gasteiger partial charge in [0, 0.05) is 36.1 Å². The summed E-state index contributed by atoms with van der Waals surface area (Å²) in [5.74, 6) is 0.795. The monoisotopic (exact) mass is 369 g/mol. The Morgan fingerprint density at radius 2 is 1.96 bits per heavy atom. The van der Waals surface area contributed by atoms with Gasteiger partial charge >= 0.3 is 0 Å². The van der Waals surface area contributed by atoms with Gasteiger partial charge < -0.3 is 16.4 Å². The smallest absolute Gasteiger partial charge is 0.251 e. The van der Waals surface area contributed by atoms with Crippen molar-refractivity contribution in [2.45, 2.75) is 39.2 Å². The molecule has 0 radical (unpaired) electrons. The molecule has 7 nitrogen and oxygen atoms in total. The van der Waals surface area contributed by atoms with E-state index in [1.807, 2.05) is 13.8 Å². The SMILES string of the molecule is C=C(N=C1/C(=C\N)CC(=O)N1C(CC)CC)Nc1ccc(C(=O)NC)cc1. The molecule has 0 atom stereocenters. The van der Waals surface area contributed by atoms with Crippen molar-refractivity contribution in [3.05, 3.63) is 54.0 Å². The zero-order valence-corrected chi connectivity index (χ0v) is 16.1. The van der Waals surface area contributed by atoms with Crippen LogP contribution in [0.2, 0.25) is 0 Å². The first kappa shape index (κ1) is 20.2. The molecule has 1 fully saturated rings. The number of carbonyl (C=O) groups is 2. The molecular formula is C20H27N5O2. The van der Waals surface area contributed by atoms with Crippen molar-refractivity contribution in [1.29, 1.82) is 0 Å². The first-order chi connectivity index (χ1) is 12.9. The van der Waals surface area contributed by atoms with Crippen molar-refractivity contribution in [1.82, 2.24) is 10.2 Å². The molecule has 1 saturated heterocycles. The summed E-state index contributed by atoms with van der Waals surface area (Å²) in [7, 11) is 1.59. The van der Waals surface area contributed by atoms with E-state index in [1.165, 1.54) is 6.20 Å². The molecule has 0 saturated carbocycles. The van der Waals surface area contributed by atoms with Gasteiger partial charge in [0.05, 0.1) is 6.42 Å². The highest BCUT2D eigenvalue weighted by molar-refractivity contribution is 6.16. The Morgan fingerprint density at radius 3 is 2.48 bits per heavy atom. The number of nitrogens with two attached hydrogens (primary N) is 1. The van der Waals surface area contributed by atoms with Gasteiger partial charge in [0.1, 0.15) is 11.7 Å². The Labute approximate surface area is 160 Å². The summed E-state index contributed by atoms with van der Waals surface area (Å²) in [4.78, 5) is 30.3. The van der Waals surface area contributed by atoms with Crippen molar-refractivity contribution in [3.63, 3.8) is 0 Å². The highest BCUT2D eigenvalue weighted by atomic mass is 16.2. The number of amidine groups is 1. The molecule has 0 aromatic heterocycles. The fourth-order valence-electron chi connectivity index (χ4n) is 3.06. The molecule has 0 unspecified atom stereocenters. The van der Waals surface area contributed by atoms with Crippen molar-refractivity contribution in [3.8, 4) is 0 Å². The predicted octanol–water partition coefficient (Wildman–Crippen LogP) is 2.59. The van der Waals surface area contributed by atoms with Crippen LogP contribution < -0.4 is 16.4 Å². The minimum Gasteiger partial charge on any atom is -0.404 e. The van der Waals surface area contributed by atoms with E-state index in [4.69, 9.17) is 5.73 Å². The number of nitrogens with one attached hydrogen (secondary N) is 2. The average molecular weight is 369 g/mol. The van der Waals surface area contributed by atoms with E-state index in [0.717, 1.165) is 18.5 Å². The zero-order valence-electron chi connectivity index (χ0n) is 16.1. The number of benzene rings is 1. The molecule has 1 aromatic carbocycles. The number of nitrogens with zero attached hydrogens (tertiary/aromatic N) is 2. The quantitative estimate of drug-likeness (QED) is 0.688. The Bertz CT molecular complexity index is 776. The summed E-state index contributed by atoms with van der Waals surface area (Å²) in [6.07, 6.45) is 3.35. The number of rotatable bonds is 7. The summed E-state index contributed by atoms with van der Waals surface area (Å²) >= 11 is 0. The van der Waals surface area contributed by atoms with Gasteiger partial charge in [0.25, 0.3) is 5.91 Å². The van der Waals surface area contributed by atoms with Crippen LogP contribution in [0.1, 0.15) is 43.5 Å². The Hall–Kier alpha value is -3.09. The van der Waals surface area contributed by atoms with Crippen LogP contribution >= 0.6 is 0 Å². The van der Waals surface area contributed by atoms with Gasteiger partial charge in [-0.3, -0.25) is 14.5 Å². The van der Waals surface area contributed by atoms with Crippen LogP contribution in [-0.2, 0) is 4.79 Å². The lowest BCUT2D eigenvalue weighted by Gasteiger charge is -2.26. The lowest BCUT2D eigenvalue weighted by molar-refractivity contribution is -0.127. The van der Waals surface area contributed by atoms with E-state index in [0.29, 0.717) is 22.8 Å². The van der Waals surface area contributed by atoms with Crippen molar-refractivity contribution in [2.75, 3.05) is 12.4 Å². The number of amides is 2. The second kappa shape index (κ2) is 9.02. The number of aliphatic imine (C=N–C) groups is 1. The van der Waals surface area contributed by atoms with Gasteiger partial charge in [-0.25, -0.2) is 4.99 Å². The van der Waals surface area contributed by atoms with Crippen LogP contribution in [0.5, 0.6) is 0 Å². The highest BCUT2D eigenvalue weighted by Crippen LogP contribution is 2.26. The van der Waals surface area contributed by atoms with Gasteiger partial charge in [-0.1, -0.05) is 20.4 Å². The fraction of sp³-hybridized carbons (Fsp3) is 0.350. The van der Waals surface area contributed by atoms with Gasteiger partial charge in [-0.05, 0) is 37.1 Å². The third-order valence-corrected chi connectivity index (χ3v) is 4.54. The number of anilines is 1. The first-order valence-electron chi connectivity index (χ1n) is 9.05. The van der Waals surface area contributed by atoms with E-state index < -0.39 is 0 Å². The average Bonchev–Trinajstić information content (AvgIpc) is 2.98. The third-order valence-electron chi connectivity index (χ3n) is 4.54. The van der Waals surface area contributed by atoms with Crippen molar-refractivity contribution in [2.24, 2.45) is 10.7 Å². The Balaban J connectivity index is 2.22. The van der Waals surface area contributed by atoms with Gasteiger partial charge in [0.15, 0.2) is 0 Å². The number of likely N-dealkylation sites (tertiary alicyclic amines) is 1. The van der Waals surface area contributed by atoms with Gasteiger partial charge in [0.2, 0.25) is 5.91 Å². The Kier molecular flexibility index (Phi) is 6.76. The summed E-state index contributed by atoms with van der Waals surface area (Å²) in [5.41, 5.74) is 7.72. The second-order valence-corrected chi connectivity index (χ2v) is 6.27. The van der Waals surface area contributed by atoms with E-state index in [1.54, 1.807) is 36.2 Å². The summed E-state index contributed by atoms with van der Waals surface area (Å²) in [5, 5.41) is 5.67. The molecule has 4 N–H and O–H groups in total. The topological polar surface area (TPSA) is 99.8 Å². The molecule has 0 spiro atoms. The predicted molar refractivity (Wildman–Crippen MR) is 108 cm³/mol. The molecule has 0 aliphatic carbocycles. The van der Waals surface area contributed by atoms with Crippen molar-refractivity contribution >= 4 is 23.3 Å². The summed E-state index contributed by atoms with van der Waals surface area (Å²) in [6, 6.07) is 7.04. The molecule has 7 heteroatoms. The minimum atomic E-state index is -0.149. The van der Waals surface area contributed by atoms with Crippen LogP contribution in [0.25, 0.3) is 0 Å². The normalized spacial score (nSPS) is 17.0. The standard InChI is InChI=1S/C20H27N5O2/c1-5-17(6-2)25-18(26)11-15(12-21)19(25)24-13(3)23-16-9-7-14(8-10-16)20(27)22-4/h7-10,12,17,23H,3,5-6,11,21H2,1-2,4H3,(H,22,27)/b15-12-,24-19?. The number of hydrogen-bond donors (Lipinski definition) is 3. The molecule has 1 aromatic rings. The number of carbonyl (C=O) groups excluding carboxylic acids is 2. The maximum absolute atomic E-state index is 12.4. The molecule has 1 aliphatic rings. The van der Waals surface area contributed by atoms with Crippen LogP contribution in [0, 0.1) is 0 Å². The van der Waals surface area contributed by atoms with Crippen LogP contribution in [-0.4, -0.2) is 35.6 Å². The molecule has 1 heterocycles. The van der Waals surface area contributed by atoms with Crippen LogP contribution in [0.15, 0.2) is 53.4 Å². The van der Waals surface area contributed by atoms with Gasteiger partial charge in [-0.15, -0.1) is 0 Å². The maximum Gasteiger partial charge on any atom is 0.251 e. The molecule has 0 bridgehead atoms. The molecule has 27 heavy (non-hydrogen) atoms. The largest absolute Gasteiger partial charge is 0.404 e.